The number of nitrogens with zero attached hydrogens (tertiary/aromatic N) is 1. The van der Waals surface area contributed by atoms with Gasteiger partial charge in [0.2, 0.25) is 0 Å². The lowest BCUT2D eigenvalue weighted by atomic mass is 10.1. The second-order valence-corrected chi connectivity index (χ2v) is 4.92. The van der Waals surface area contributed by atoms with Gasteiger partial charge in [0.05, 0.1) is 5.69 Å². The summed E-state index contributed by atoms with van der Waals surface area (Å²) in [7, 11) is 0. The van der Waals surface area contributed by atoms with Gasteiger partial charge >= 0.3 is 0 Å². The molecular formula is C11H16F2N2S. The van der Waals surface area contributed by atoms with Crippen molar-refractivity contribution in [2.24, 2.45) is 0 Å². The highest BCUT2D eigenvalue weighted by molar-refractivity contribution is 7.99. The lowest BCUT2D eigenvalue weighted by molar-refractivity contribution is 0.418. The topological polar surface area (TPSA) is 28.7 Å². The second kappa shape index (κ2) is 6.03. The maximum Gasteiger partial charge on any atom is 0.266 e. The molecule has 5 heteroatoms. The van der Waals surface area contributed by atoms with E-state index in [4.69, 9.17) is 0 Å². The minimum absolute atomic E-state index is 0.365. The first-order valence-electron chi connectivity index (χ1n) is 5.21. The number of halogens is 2. The average molecular weight is 246 g/mol. The molecule has 2 nitrogen and oxygen atoms in total. The minimum atomic E-state index is -1.61. The number of thioether (sulfide) groups is 1. The van der Waals surface area contributed by atoms with E-state index in [1.54, 1.807) is 0 Å². The predicted molar refractivity (Wildman–Crippen MR) is 63.1 cm³/mol. The smallest absolute Gasteiger partial charge is 0.266 e. The number of aromatic nitrogens is 2. The molecule has 0 fully saturated rings. The van der Waals surface area contributed by atoms with Crippen LogP contribution in [0.2, 0.25) is 0 Å². The van der Waals surface area contributed by atoms with Crippen LogP contribution in [0, 0.1) is 6.92 Å². The molecule has 0 atom stereocenters. The summed E-state index contributed by atoms with van der Waals surface area (Å²) in [5.74, 6) is 0.996. The minimum Gasteiger partial charge on any atom is -0.337 e. The van der Waals surface area contributed by atoms with Crippen molar-refractivity contribution in [1.29, 1.82) is 0 Å². The Morgan fingerprint density at radius 1 is 1.50 bits per heavy atom. The van der Waals surface area contributed by atoms with Gasteiger partial charge in [0.1, 0.15) is 0 Å². The van der Waals surface area contributed by atoms with Crippen molar-refractivity contribution >= 4 is 11.8 Å². The van der Waals surface area contributed by atoms with E-state index in [-0.39, 0.29) is 0 Å². The van der Waals surface area contributed by atoms with Gasteiger partial charge in [-0.15, -0.1) is 0 Å². The monoisotopic (exact) mass is 246 g/mol. The molecule has 1 heterocycles. The zero-order chi connectivity index (χ0) is 12.1. The molecule has 0 radical (unpaired) electrons. The summed E-state index contributed by atoms with van der Waals surface area (Å²) in [6, 6.07) is 0. The Balaban J connectivity index is 2.49. The van der Waals surface area contributed by atoms with Crippen LogP contribution in [0.4, 0.5) is 8.78 Å². The number of rotatable bonds is 5. The highest BCUT2D eigenvalue weighted by Crippen LogP contribution is 2.22. The quantitative estimate of drug-likeness (QED) is 0.625. The van der Waals surface area contributed by atoms with E-state index in [1.165, 1.54) is 11.8 Å². The van der Waals surface area contributed by atoms with Crippen LogP contribution in [-0.2, 0) is 0 Å². The van der Waals surface area contributed by atoms with E-state index in [9.17, 15) is 8.78 Å². The SMILES string of the molecule is Cc1[nH]c(SCCC=C(F)F)nc1C(C)C. The van der Waals surface area contributed by atoms with Crippen LogP contribution in [0.1, 0.15) is 37.6 Å². The van der Waals surface area contributed by atoms with Gasteiger partial charge in [-0.1, -0.05) is 25.6 Å². The summed E-state index contributed by atoms with van der Waals surface area (Å²) in [5, 5.41) is 0.814. The van der Waals surface area contributed by atoms with Crippen molar-refractivity contribution in [3.63, 3.8) is 0 Å². The van der Waals surface area contributed by atoms with Gasteiger partial charge in [-0.3, -0.25) is 0 Å². The average Bonchev–Trinajstić information content (AvgIpc) is 2.54. The van der Waals surface area contributed by atoms with Gasteiger partial charge < -0.3 is 4.98 Å². The van der Waals surface area contributed by atoms with Crippen LogP contribution in [0.5, 0.6) is 0 Å². The first kappa shape index (κ1) is 13.2. The van der Waals surface area contributed by atoms with E-state index >= 15 is 0 Å². The lowest BCUT2D eigenvalue weighted by Gasteiger charge is -1.99. The number of nitrogens with one attached hydrogen (secondary N) is 1. The zero-order valence-corrected chi connectivity index (χ0v) is 10.5. The third-order valence-electron chi connectivity index (χ3n) is 2.10. The third kappa shape index (κ3) is 3.96. The van der Waals surface area contributed by atoms with Crippen LogP contribution in [0.25, 0.3) is 0 Å². The lowest BCUT2D eigenvalue weighted by Crippen LogP contribution is -1.89. The van der Waals surface area contributed by atoms with Gasteiger partial charge in [0.15, 0.2) is 5.16 Å². The maximum atomic E-state index is 11.8. The molecule has 0 unspecified atom stereocenters. The largest absolute Gasteiger partial charge is 0.337 e. The molecule has 90 valence electrons. The Bertz CT molecular complexity index is 368. The molecule has 0 aliphatic carbocycles. The first-order chi connectivity index (χ1) is 7.50. The van der Waals surface area contributed by atoms with E-state index in [0.717, 1.165) is 22.6 Å². The molecule has 0 amide bonds. The van der Waals surface area contributed by atoms with Crippen molar-refractivity contribution in [3.05, 3.63) is 23.5 Å². The Kier molecular flexibility index (Phi) is 4.99. The molecule has 1 rings (SSSR count). The van der Waals surface area contributed by atoms with Crippen molar-refractivity contribution in [3.8, 4) is 0 Å². The molecule has 1 aromatic heterocycles. The Labute approximate surface area is 98.5 Å². The molecule has 0 saturated heterocycles. The van der Waals surface area contributed by atoms with Crippen LogP contribution in [0.15, 0.2) is 17.3 Å². The number of hydrogen-bond donors (Lipinski definition) is 1. The highest BCUT2D eigenvalue weighted by atomic mass is 32.2. The summed E-state index contributed by atoms with van der Waals surface area (Å²) in [6.07, 6.45) is -0.310. The van der Waals surface area contributed by atoms with Crippen LogP contribution < -0.4 is 0 Å². The fraction of sp³-hybridized carbons (Fsp3) is 0.545. The molecule has 0 saturated carbocycles. The van der Waals surface area contributed by atoms with Crippen LogP contribution >= 0.6 is 11.8 Å². The van der Waals surface area contributed by atoms with Crippen molar-refractivity contribution in [2.75, 3.05) is 5.75 Å². The summed E-state index contributed by atoms with van der Waals surface area (Å²) >= 11 is 1.47. The van der Waals surface area contributed by atoms with Gasteiger partial charge in [-0.25, -0.2) is 4.98 Å². The summed E-state index contributed by atoms with van der Waals surface area (Å²) in [5.41, 5.74) is 2.11. The number of aryl methyl sites for hydroxylation is 1. The summed E-state index contributed by atoms with van der Waals surface area (Å²) < 4.78 is 23.5. The standard InChI is InChI=1S/C11H16F2N2S/c1-7(2)10-8(3)14-11(15-10)16-6-4-5-9(12)13/h5,7H,4,6H2,1-3H3,(H,14,15). The number of imidazole rings is 1. The molecule has 0 spiro atoms. The summed E-state index contributed by atoms with van der Waals surface area (Å²) in [6.45, 7) is 6.14. The summed E-state index contributed by atoms with van der Waals surface area (Å²) in [4.78, 5) is 7.58. The molecule has 0 aliphatic heterocycles. The molecule has 1 aromatic rings. The first-order valence-corrected chi connectivity index (χ1v) is 6.19. The van der Waals surface area contributed by atoms with E-state index in [2.05, 4.69) is 23.8 Å². The van der Waals surface area contributed by atoms with Gasteiger partial charge in [0, 0.05) is 11.4 Å². The molecule has 0 bridgehead atoms. The van der Waals surface area contributed by atoms with E-state index in [0.29, 0.717) is 18.1 Å². The fourth-order valence-corrected chi connectivity index (χ4v) is 2.22. The molecule has 0 aromatic carbocycles. The Hall–Kier alpha value is -0.840. The third-order valence-corrected chi connectivity index (χ3v) is 3.01. The molecule has 1 N–H and O–H groups in total. The normalized spacial score (nSPS) is 10.9. The number of allylic oxidation sites excluding steroid dienone is 1. The van der Waals surface area contributed by atoms with Gasteiger partial charge in [0.25, 0.3) is 6.08 Å². The van der Waals surface area contributed by atoms with Crippen molar-refractivity contribution in [2.45, 2.75) is 38.3 Å². The number of aromatic amines is 1. The van der Waals surface area contributed by atoms with Crippen LogP contribution in [-0.4, -0.2) is 15.7 Å². The maximum absolute atomic E-state index is 11.8. The molecule has 0 aliphatic rings. The van der Waals surface area contributed by atoms with Gasteiger partial charge in [-0.2, -0.15) is 8.78 Å². The predicted octanol–water partition coefficient (Wildman–Crippen LogP) is 4.10. The molecular weight excluding hydrogens is 230 g/mol. The van der Waals surface area contributed by atoms with Gasteiger partial charge in [-0.05, 0) is 25.3 Å². The highest BCUT2D eigenvalue weighted by Gasteiger charge is 2.09. The number of H-pyrrole nitrogens is 1. The Morgan fingerprint density at radius 3 is 2.69 bits per heavy atom. The van der Waals surface area contributed by atoms with Crippen molar-refractivity contribution < 1.29 is 8.78 Å². The second-order valence-electron chi connectivity index (χ2n) is 3.84. The van der Waals surface area contributed by atoms with E-state index < -0.39 is 6.08 Å². The van der Waals surface area contributed by atoms with E-state index in [1.807, 2.05) is 6.92 Å². The van der Waals surface area contributed by atoms with Crippen molar-refractivity contribution in [1.82, 2.24) is 9.97 Å². The number of hydrogen-bond acceptors (Lipinski definition) is 2. The van der Waals surface area contributed by atoms with Crippen LogP contribution in [0.3, 0.4) is 0 Å². The Morgan fingerprint density at radius 2 is 2.19 bits per heavy atom. The zero-order valence-electron chi connectivity index (χ0n) is 9.68. The molecule has 16 heavy (non-hydrogen) atoms. The fourth-order valence-electron chi connectivity index (χ4n) is 1.40.